The molecule has 2 aromatic heterocycles. The molecule has 23 heavy (non-hydrogen) atoms. The molecular formula is C14H15N3O3S3. The van der Waals surface area contributed by atoms with Crippen LogP contribution in [0, 0.1) is 0 Å². The van der Waals surface area contributed by atoms with Crippen LogP contribution in [0.15, 0.2) is 15.2 Å². The van der Waals surface area contributed by atoms with Gasteiger partial charge in [0.15, 0.2) is 4.34 Å². The van der Waals surface area contributed by atoms with Crippen molar-refractivity contribution >= 4 is 51.3 Å². The van der Waals surface area contributed by atoms with Gasteiger partial charge in [-0.3, -0.25) is 4.79 Å². The zero-order valence-corrected chi connectivity index (χ0v) is 14.9. The first kappa shape index (κ1) is 16.4. The van der Waals surface area contributed by atoms with Crippen molar-refractivity contribution in [1.82, 2.24) is 10.2 Å². The van der Waals surface area contributed by atoms with Gasteiger partial charge in [-0.15, -0.1) is 21.5 Å². The summed E-state index contributed by atoms with van der Waals surface area (Å²) >= 11 is 4.10. The summed E-state index contributed by atoms with van der Waals surface area (Å²) < 4.78 is 5.89. The van der Waals surface area contributed by atoms with Crippen molar-refractivity contribution in [3.8, 4) is 0 Å². The third-order valence-corrected chi connectivity index (χ3v) is 6.01. The summed E-state index contributed by atoms with van der Waals surface area (Å²) in [7, 11) is 0. The minimum atomic E-state index is -0.359. The molecule has 1 amide bonds. The number of aromatic nitrogens is 2. The zero-order valence-electron chi connectivity index (χ0n) is 12.4. The Morgan fingerprint density at radius 3 is 2.91 bits per heavy atom. The molecule has 0 bridgehead atoms. The smallest absolute Gasteiger partial charge is 0.341 e. The highest BCUT2D eigenvalue weighted by Crippen LogP contribution is 2.46. The van der Waals surface area contributed by atoms with Crippen LogP contribution >= 0.6 is 34.4 Å². The highest BCUT2D eigenvalue weighted by molar-refractivity contribution is 8.01. The Bertz CT molecular complexity index is 695. The Balaban J connectivity index is 1.68. The van der Waals surface area contributed by atoms with Crippen molar-refractivity contribution in [3.05, 3.63) is 22.0 Å². The lowest BCUT2D eigenvalue weighted by atomic mass is 10.1. The van der Waals surface area contributed by atoms with Gasteiger partial charge in [0, 0.05) is 0 Å². The van der Waals surface area contributed by atoms with Gasteiger partial charge in [0.05, 0.1) is 17.9 Å². The third-order valence-electron chi connectivity index (χ3n) is 3.24. The number of ether oxygens (including phenoxy) is 1. The third kappa shape index (κ3) is 4.10. The molecule has 1 saturated carbocycles. The van der Waals surface area contributed by atoms with E-state index in [-0.39, 0.29) is 17.6 Å². The van der Waals surface area contributed by atoms with E-state index in [1.54, 1.807) is 12.4 Å². The van der Waals surface area contributed by atoms with Crippen LogP contribution in [0.3, 0.4) is 0 Å². The Labute approximate surface area is 145 Å². The fourth-order valence-corrected chi connectivity index (χ4v) is 4.42. The number of hydrogen-bond donors (Lipinski definition) is 1. The summed E-state index contributed by atoms with van der Waals surface area (Å²) in [6.45, 7) is 2.09. The minimum Gasteiger partial charge on any atom is -0.462 e. The maximum Gasteiger partial charge on any atom is 0.341 e. The average Bonchev–Trinajstić information content (AvgIpc) is 3.08. The lowest BCUT2D eigenvalue weighted by Gasteiger charge is -2.07. The van der Waals surface area contributed by atoms with Crippen LogP contribution < -0.4 is 5.32 Å². The van der Waals surface area contributed by atoms with Crippen LogP contribution in [0.1, 0.15) is 41.6 Å². The largest absolute Gasteiger partial charge is 0.462 e. The fourth-order valence-electron chi connectivity index (χ4n) is 2.09. The molecule has 9 heteroatoms. The molecule has 0 aliphatic heterocycles. The van der Waals surface area contributed by atoms with E-state index >= 15 is 0 Å². The van der Waals surface area contributed by atoms with Gasteiger partial charge in [-0.05, 0) is 36.6 Å². The van der Waals surface area contributed by atoms with Gasteiger partial charge in [-0.2, -0.15) is 0 Å². The summed E-state index contributed by atoms with van der Waals surface area (Å²) in [6.07, 6.45) is 2.17. The van der Waals surface area contributed by atoms with E-state index in [4.69, 9.17) is 4.74 Å². The molecule has 0 atom stereocenters. The number of carbonyl (C=O) groups is 2. The highest BCUT2D eigenvalue weighted by atomic mass is 32.2. The second kappa shape index (κ2) is 7.41. The fraction of sp³-hybridized carbons (Fsp3) is 0.429. The van der Waals surface area contributed by atoms with Gasteiger partial charge < -0.3 is 10.1 Å². The Kier molecular flexibility index (Phi) is 5.29. The van der Waals surface area contributed by atoms with E-state index in [1.807, 2.05) is 5.38 Å². The number of thioether (sulfide) groups is 1. The van der Waals surface area contributed by atoms with Crippen molar-refractivity contribution in [2.75, 3.05) is 17.7 Å². The summed E-state index contributed by atoms with van der Waals surface area (Å²) in [5, 5.41) is 13.0. The van der Waals surface area contributed by atoms with Crippen LogP contribution in [0.5, 0.6) is 0 Å². The molecule has 122 valence electrons. The molecule has 1 aliphatic carbocycles. The van der Waals surface area contributed by atoms with Crippen LogP contribution in [-0.4, -0.2) is 34.4 Å². The first-order valence-corrected chi connectivity index (χ1v) is 9.90. The van der Waals surface area contributed by atoms with Crippen molar-refractivity contribution in [2.24, 2.45) is 0 Å². The minimum absolute atomic E-state index is 0.167. The van der Waals surface area contributed by atoms with Crippen molar-refractivity contribution in [1.29, 1.82) is 0 Å². The van der Waals surface area contributed by atoms with E-state index in [1.165, 1.54) is 34.4 Å². The molecule has 0 saturated heterocycles. The van der Waals surface area contributed by atoms with E-state index in [0.29, 0.717) is 23.1 Å². The van der Waals surface area contributed by atoms with Gasteiger partial charge in [0.25, 0.3) is 0 Å². The molecule has 1 fully saturated rings. The topological polar surface area (TPSA) is 81.2 Å². The van der Waals surface area contributed by atoms with Gasteiger partial charge >= 0.3 is 5.97 Å². The van der Waals surface area contributed by atoms with E-state index in [2.05, 4.69) is 15.5 Å². The molecule has 2 heterocycles. The summed E-state index contributed by atoms with van der Waals surface area (Å²) in [4.78, 5) is 24.3. The normalized spacial score (nSPS) is 13.8. The highest BCUT2D eigenvalue weighted by Gasteiger charge is 2.32. The first-order valence-electron chi connectivity index (χ1n) is 7.16. The quantitative estimate of drug-likeness (QED) is 0.595. The zero-order chi connectivity index (χ0) is 16.2. The second-order valence-corrected chi connectivity index (χ2v) is 7.87. The predicted molar refractivity (Wildman–Crippen MR) is 91.5 cm³/mol. The Hall–Kier alpha value is -1.45. The summed E-state index contributed by atoms with van der Waals surface area (Å²) in [5.74, 6) is 0.128. The average molecular weight is 369 g/mol. The molecule has 2 aromatic rings. The molecule has 1 N–H and O–H groups in total. The van der Waals surface area contributed by atoms with Crippen molar-refractivity contribution in [3.63, 3.8) is 0 Å². The van der Waals surface area contributed by atoms with Crippen molar-refractivity contribution < 1.29 is 14.3 Å². The van der Waals surface area contributed by atoms with Crippen LogP contribution in [-0.2, 0) is 9.53 Å². The number of rotatable bonds is 7. The Morgan fingerprint density at radius 2 is 2.26 bits per heavy atom. The molecule has 0 spiro atoms. The monoisotopic (exact) mass is 369 g/mol. The van der Waals surface area contributed by atoms with E-state index in [0.717, 1.165) is 22.7 Å². The number of nitrogens with zero attached hydrogens (tertiary/aromatic N) is 2. The van der Waals surface area contributed by atoms with E-state index in [9.17, 15) is 9.59 Å². The SMILES string of the molecule is CCOC(=O)c1c(C2CC2)csc1NC(=O)CSc1nncs1. The molecule has 6 nitrogen and oxygen atoms in total. The lowest BCUT2D eigenvalue weighted by Crippen LogP contribution is -2.16. The van der Waals surface area contributed by atoms with Gasteiger partial charge in [-0.1, -0.05) is 23.1 Å². The predicted octanol–water partition coefficient (Wildman–Crippen LogP) is 3.38. The number of esters is 1. The summed E-state index contributed by atoms with van der Waals surface area (Å²) in [5.41, 5.74) is 3.15. The van der Waals surface area contributed by atoms with Gasteiger partial charge in [-0.25, -0.2) is 4.79 Å². The molecule has 0 unspecified atom stereocenters. The Morgan fingerprint density at radius 1 is 1.43 bits per heavy atom. The van der Waals surface area contributed by atoms with Gasteiger partial charge in [0.2, 0.25) is 5.91 Å². The lowest BCUT2D eigenvalue weighted by molar-refractivity contribution is -0.113. The number of thiophene rings is 1. The maximum atomic E-state index is 12.2. The van der Waals surface area contributed by atoms with Crippen LogP contribution in [0.25, 0.3) is 0 Å². The first-order chi connectivity index (χ1) is 11.2. The van der Waals surface area contributed by atoms with Crippen molar-refractivity contribution in [2.45, 2.75) is 30.0 Å². The summed E-state index contributed by atoms with van der Waals surface area (Å²) in [6, 6.07) is 0. The van der Waals surface area contributed by atoms with Crippen LogP contribution in [0.4, 0.5) is 5.00 Å². The standard InChI is InChI=1S/C14H15N3O3S3/c1-2-20-13(19)11-9(8-3-4-8)5-21-12(11)16-10(18)6-22-14-17-15-7-23-14/h5,7-8H,2-4,6H2,1H3,(H,16,18). The molecule has 1 aliphatic rings. The van der Waals surface area contributed by atoms with E-state index < -0.39 is 0 Å². The molecular weight excluding hydrogens is 354 g/mol. The van der Waals surface area contributed by atoms with Crippen LogP contribution in [0.2, 0.25) is 0 Å². The second-order valence-electron chi connectivity index (χ2n) is 4.93. The number of amides is 1. The number of anilines is 1. The maximum absolute atomic E-state index is 12.2. The molecule has 0 aromatic carbocycles. The van der Waals surface area contributed by atoms with Gasteiger partial charge in [0.1, 0.15) is 10.5 Å². The molecule has 0 radical (unpaired) electrons. The number of nitrogens with one attached hydrogen (secondary N) is 1. The number of hydrogen-bond acceptors (Lipinski definition) is 8. The molecule has 3 rings (SSSR count). The number of carbonyl (C=O) groups excluding carboxylic acids is 2.